The van der Waals surface area contributed by atoms with Crippen molar-refractivity contribution in [1.82, 2.24) is 9.62 Å². The molecule has 1 heterocycles. The van der Waals surface area contributed by atoms with Gasteiger partial charge in [0.25, 0.3) is 15.9 Å². The highest BCUT2D eigenvalue weighted by Crippen LogP contribution is 2.22. The first-order valence-corrected chi connectivity index (χ1v) is 10.2. The first kappa shape index (κ1) is 21.9. The number of rotatable bonds is 8. The topological polar surface area (TPSA) is 153 Å². The molecule has 1 aliphatic heterocycles. The maximum absolute atomic E-state index is 12.2. The Morgan fingerprint density at radius 1 is 1.21 bits per heavy atom. The number of esters is 1. The number of fused-ring (bicyclic) bond motifs is 1. The van der Waals surface area contributed by atoms with Gasteiger partial charge in [0.2, 0.25) is 0 Å². The van der Waals surface area contributed by atoms with Crippen molar-refractivity contribution in [1.29, 1.82) is 10.5 Å². The number of aliphatic imine (C=N–C) groups is 1. The molecule has 0 radical (unpaired) electrons. The predicted octanol–water partition coefficient (Wildman–Crippen LogP) is 0.313. The van der Waals surface area contributed by atoms with E-state index in [1.807, 2.05) is 12.1 Å². The number of amides is 1. The van der Waals surface area contributed by atoms with Crippen molar-refractivity contribution in [2.75, 3.05) is 19.7 Å². The normalized spacial score (nSPS) is 16.0. The molecule has 2 rings (SSSR count). The van der Waals surface area contributed by atoms with E-state index in [0.29, 0.717) is 5.56 Å². The van der Waals surface area contributed by atoms with Gasteiger partial charge in [-0.3, -0.25) is 14.5 Å². The van der Waals surface area contributed by atoms with Gasteiger partial charge >= 0.3 is 5.97 Å². The number of nitrogens with one attached hydrogen (secondary N) is 1. The van der Waals surface area contributed by atoms with Crippen LogP contribution in [0.4, 0.5) is 0 Å². The number of ether oxygens (including phenoxy) is 1. The van der Waals surface area contributed by atoms with E-state index < -0.39 is 34.5 Å². The minimum absolute atomic E-state index is 0.0287. The molecule has 0 aliphatic carbocycles. The average Bonchev–Trinajstić information content (AvgIpc) is 2.96. The molecule has 0 fully saturated rings. The molecule has 0 bridgehead atoms. The zero-order chi connectivity index (χ0) is 21.4. The molecular weight excluding hydrogens is 398 g/mol. The minimum Gasteiger partial charge on any atom is -0.454 e. The Labute approximate surface area is 168 Å². The summed E-state index contributed by atoms with van der Waals surface area (Å²) in [4.78, 5) is 29.8. The number of nitrogens with zero attached hydrogens (tertiary/aromatic N) is 4. The van der Waals surface area contributed by atoms with Crippen LogP contribution in [-0.4, -0.2) is 56.8 Å². The molecule has 1 aromatic carbocycles. The van der Waals surface area contributed by atoms with Gasteiger partial charge in [0.15, 0.2) is 6.61 Å². The van der Waals surface area contributed by atoms with Gasteiger partial charge in [-0.2, -0.15) is 10.5 Å². The fourth-order valence-corrected chi connectivity index (χ4v) is 3.79. The molecule has 29 heavy (non-hydrogen) atoms. The molecule has 1 amide bonds. The van der Waals surface area contributed by atoms with Gasteiger partial charge in [0, 0.05) is 18.7 Å². The van der Waals surface area contributed by atoms with E-state index in [-0.39, 0.29) is 36.7 Å². The van der Waals surface area contributed by atoms with E-state index >= 15 is 0 Å². The van der Waals surface area contributed by atoms with Crippen LogP contribution in [0.15, 0.2) is 34.2 Å². The van der Waals surface area contributed by atoms with Crippen LogP contribution >= 0.6 is 0 Å². The summed E-state index contributed by atoms with van der Waals surface area (Å²) in [6.07, 6.45) is 0.184. The van der Waals surface area contributed by atoms with Gasteiger partial charge < -0.3 is 9.64 Å². The van der Waals surface area contributed by atoms with Gasteiger partial charge in [0.05, 0.1) is 29.9 Å². The van der Waals surface area contributed by atoms with Crippen LogP contribution in [-0.2, 0) is 24.3 Å². The number of nitriles is 2. The van der Waals surface area contributed by atoms with E-state index in [1.165, 1.54) is 17.9 Å². The van der Waals surface area contributed by atoms with E-state index in [2.05, 4.69) is 9.71 Å². The van der Waals surface area contributed by atoms with Crippen molar-refractivity contribution in [3.05, 3.63) is 29.8 Å². The van der Waals surface area contributed by atoms with E-state index in [0.717, 1.165) is 0 Å². The monoisotopic (exact) mass is 417 g/mol. The second-order valence-corrected chi connectivity index (χ2v) is 7.71. The summed E-state index contributed by atoms with van der Waals surface area (Å²) < 4.78 is 31.4. The Balaban J connectivity index is 2.01. The van der Waals surface area contributed by atoms with Crippen LogP contribution in [0.5, 0.6) is 0 Å². The number of amidine groups is 1. The van der Waals surface area contributed by atoms with Crippen LogP contribution in [0.3, 0.4) is 0 Å². The molecule has 0 saturated heterocycles. The summed E-state index contributed by atoms with van der Waals surface area (Å²) in [5.74, 6) is -1.31. The molecule has 11 heteroatoms. The summed E-state index contributed by atoms with van der Waals surface area (Å²) in [6.45, 7) is 1.11. The van der Waals surface area contributed by atoms with Gasteiger partial charge in [-0.05, 0) is 19.1 Å². The number of hydrogen-bond acceptors (Lipinski definition) is 8. The molecule has 1 atom stereocenters. The number of benzene rings is 1. The first-order valence-electron chi connectivity index (χ1n) is 8.68. The molecule has 10 nitrogen and oxygen atoms in total. The number of sulfonamides is 1. The van der Waals surface area contributed by atoms with Crippen molar-refractivity contribution in [3.63, 3.8) is 0 Å². The fraction of sp³-hybridized carbons (Fsp3) is 0.389. The molecule has 1 aromatic rings. The van der Waals surface area contributed by atoms with Gasteiger partial charge in [0.1, 0.15) is 11.9 Å². The van der Waals surface area contributed by atoms with Gasteiger partial charge in [-0.1, -0.05) is 12.1 Å². The molecule has 0 aromatic heterocycles. The average molecular weight is 417 g/mol. The van der Waals surface area contributed by atoms with Crippen molar-refractivity contribution in [3.8, 4) is 12.1 Å². The third-order valence-electron chi connectivity index (χ3n) is 4.00. The van der Waals surface area contributed by atoms with Crippen LogP contribution in [0.25, 0.3) is 0 Å². The third kappa shape index (κ3) is 5.53. The lowest BCUT2D eigenvalue weighted by molar-refractivity contribution is -0.152. The molecule has 0 saturated carbocycles. The minimum atomic E-state index is -3.73. The molecular formula is C18H19N5O5S. The number of carbonyl (C=O) groups excluding carboxylic acids is 2. The maximum Gasteiger partial charge on any atom is 0.331 e. The highest BCUT2D eigenvalue weighted by atomic mass is 32.2. The highest BCUT2D eigenvalue weighted by molar-refractivity contribution is 7.90. The van der Waals surface area contributed by atoms with Gasteiger partial charge in [-0.25, -0.2) is 13.2 Å². The maximum atomic E-state index is 12.2. The summed E-state index contributed by atoms with van der Waals surface area (Å²) >= 11 is 0. The zero-order valence-corrected chi connectivity index (χ0v) is 16.5. The van der Waals surface area contributed by atoms with E-state index in [4.69, 9.17) is 15.3 Å². The quantitative estimate of drug-likeness (QED) is 0.597. The molecule has 0 spiro atoms. The number of carbonyl (C=O) groups is 2. The second-order valence-electron chi connectivity index (χ2n) is 6.06. The highest BCUT2D eigenvalue weighted by Gasteiger charge is 2.31. The summed E-state index contributed by atoms with van der Waals surface area (Å²) in [7, 11) is -3.73. The van der Waals surface area contributed by atoms with Crippen LogP contribution in [0.2, 0.25) is 0 Å². The van der Waals surface area contributed by atoms with Crippen LogP contribution < -0.4 is 4.72 Å². The van der Waals surface area contributed by atoms with Crippen molar-refractivity contribution < 1.29 is 22.7 Å². The van der Waals surface area contributed by atoms with E-state index in [9.17, 15) is 18.0 Å². The van der Waals surface area contributed by atoms with Crippen LogP contribution in [0, 0.1) is 22.7 Å². The largest absolute Gasteiger partial charge is 0.454 e. The van der Waals surface area contributed by atoms with Crippen molar-refractivity contribution >= 4 is 27.7 Å². The lowest BCUT2D eigenvalue weighted by Crippen LogP contribution is -2.37. The summed E-state index contributed by atoms with van der Waals surface area (Å²) in [5, 5.41) is 17.3. The summed E-state index contributed by atoms with van der Waals surface area (Å²) in [5.41, 5.74) is 0.349. The smallest absolute Gasteiger partial charge is 0.331 e. The Morgan fingerprint density at radius 2 is 1.83 bits per heavy atom. The Hall–Kier alpha value is -3.44. The molecule has 1 N–H and O–H groups in total. The first-order chi connectivity index (χ1) is 13.8. The SMILES string of the molecule is CC(N=C1NS(=O)(=O)c2ccccc21)C(=O)OCC(=O)N(CCC#N)CCC#N. The molecule has 1 aliphatic rings. The Morgan fingerprint density at radius 3 is 2.45 bits per heavy atom. The van der Waals surface area contributed by atoms with Gasteiger partial charge in [-0.15, -0.1) is 0 Å². The lowest BCUT2D eigenvalue weighted by atomic mass is 10.2. The van der Waals surface area contributed by atoms with E-state index in [1.54, 1.807) is 18.2 Å². The summed E-state index contributed by atoms with van der Waals surface area (Å²) in [6, 6.07) is 8.98. The van der Waals surface area contributed by atoms with Crippen molar-refractivity contribution in [2.24, 2.45) is 4.99 Å². The fourth-order valence-electron chi connectivity index (χ4n) is 2.55. The molecule has 152 valence electrons. The number of hydrogen-bond donors (Lipinski definition) is 1. The third-order valence-corrected chi connectivity index (χ3v) is 5.40. The second kappa shape index (κ2) is 9.66. The predicted molar refractivity (Wildman–Crippen MR) is 101 cm³/mol. The molecule has 1 unspecified atom stereocenters. The standard InChI is InChI=1S/C18H19N5O5S/c1-13(21-17-14-6-2-3-7-15(14)29(26,27)22-17)18(25)28-12-16(24)23(10-4-8-19)11-5-9-20/h2-3,6-7,13H,4-5,10-12H2,1H3,(H,21,22). The van der Waals surface area contributed by atoms with Crippen LogP contribution in [0.1, 0.15) is 25.3 Å². The lowest BCUT2D eigenvalue weighted by Gasteiger charge is -2.20. The van der Waals surface area contributed by atoms with Crippen molar-refractivity contribution in [2.45, 2.75) is 30.7 Å². The zero-order valence-electron chi connectivity index (χ0n) is 15.7. The Kier molecular flexibility index (Phi) is 7.28. The Bertz CT molecular complexity index is 988.